The summed E-state index contributed by atoms with van der Waals surface area (Å²) in [4.78, 5) is 35.3. The highest BCUT2D eigenvalue weighted by molar-refractivity contribution is 7.57. The van der Waals surface area contributed by atoms with Crippen LogP contribution < -0.4 is 20.7 Å². The van der Waals surface area contributed by atoms with Crippen molar-refractivity contribution in [2.75, 3.05) is 0 Å². The Morgan fingerprint density at radius 2 is 1.70 bits per heavy atom. The van der Waals surface area contributed by atoms with E-state index in [1.165, 1.54) is 10.9 Å². The lowest BCUT2D eigenvalue weighted by atomic mass is 9.96. The molecule has 1 heterocycles. The third kappa shape index (κ3) is 3.31. The number of benzene rings is 1. The van der Waals surface area contributed by atoms with E-state index in [9.17, 15) is 19.1 Å². The Kier molecular flexibility index (Phi) is 4.52. The first kappa shape index (κ1) is 16.5. The van der Waals surface area contributed by atoms with Gasteiger partial charge in [0.05, 0.1) is 17.0 Å². The van der Waals surface area contributed by atoms with E-state index in [0.717, 1.165) is 32.1 Å². The first-order valence-corrected chi connectivity index (χ1v) is 9.43. The van der Waals surface area contributed by atoms with E-state index in [4.69, 9.17) is 11.6 Å². The maximum absolute atomic E-state index is 12.5. The van der Waals surface area contributed by atoms with Crippen LogP contribution in [-0.2, 0) is 4.57 Å². The molecule has 0 N–H and O–H groups in total. The van der Waals surface area contributed by atoms with E-state index in [2.05, 4.69) is 0 Å². The highest BCUT2D eigenvalue weighted by Crippen LogP contribution is 2.30. The Morgan fingerprint density at radius 3 is 2.26 bits per heavy atom. The van der Waals surface area contributed by atoms with Crippen molar-refractivity contribution in [1.29, 1.82) is 0 Å². The van der Waals surface area contributed by atoms with Crippen molar-refractivity contribution in [2.45, 2.75) is 38.1 Å². The first-order chi connectivity index (χ1) is 10.9. The summed E-state index contributed by atoms with van der Waals surface area (Å²) in [5, 5.41) is -0.172. The van der Waals surface area contributed by atoms with Gasteiger partial charge in [-0.05, 0) is 44.7 Å². The second kappa shape index (κ2) is 6.29. The molecule has 1 aliphatic rings. The molecular formula is C15H16ClN2O4P-2. The zero-order chi connectivity index (χ0) is 16.6. The quantitative estimate of drug-likeness (QED) is 0.778. The van der Waals surface area contributed by atoms with Crippen molar-refractivity contribution in [3.05, 3.63) is 45.8 Å². The van der Waals surface area contributed by atoms with Gasteiger partial charge >= 0.3 is 0 Å². The van der Waals surface area contributed by atoms with Crippen LogP contribution in [0.4, 0.5) is 0 Å². The van der Waals surface area contributed by atoms with Gasteiger partial charge in [0.15, 0.2) is 0 Å². The van der Waals surface area contributed by atoms with Crippen LogP contribution in [0.5, 0.6) is 0 Å². The molecule has 0 saturated heterocycles. The van der Waals surface area contributed by atoms with Gasteiger partial charge in [-0.15, -0.1) is 0 Å². The molecular weight excluding hydrogens is 339 g/mol. The van der Waals surface area contributed by atoms with Gasteiger partial charge in [0.2, 0.25) is 0 Å². The zero-order valence-corrected chi connectivity index (χ0v) is 14.0. The molecule has 2 aromatic rings. The van der Waals surface area contributed by atoms with Crippen LogP contribution in [0.3, 0.4) is 0 Å². The van der Waals surface area contributed by atoms with Gasteiger partial charge in [0.25, 0.3) is 5.56 Å². The molecule has 8 heteroatoms. The van der Waals surface area contributed by atoms with Crippen LogP contribution >= 0.6 is 19.2 Å². The fourth-order valence-corrected chi connectivity index (χ4v) is 3.80. The Labute approximate surface area is 138 Å². The molecule has 0 atom stereocenters. The van der Waals surface area contributed by atoms with E-state index in [1.54, 1.807) is 28.9 Å². The lowest BCUT2D eigenvalue weighted by molar-refractivity contribution is -0.308. The number of hydrogen-bond acceptors (Lipinski definition) is 4. The molecule has 23 heavy (non-hydrogen) atoms. The van der Waals surface area contributed by atoms with E-state index < -0.39 is 18.5 Å². The molecule has 1 saturated carbocycles. The molecule has 0 radical (unpaired) electrons. The van der Waals surface area contributed by atoms with Crippen molar-refractivity contribution >= 4 is 24.5 Å². The second-order valence-electron chi connectivity index (χ2n) is 5.78. The van der Waals surface area contributed by atoms with Gasteiger partial charge in [-0.3, -0.25) is 9.48 Å². The van der Waals surface area contributed by atoms with E-state index in [1.807, 2.05) is 0 Å². The predicted octanol–water partition coefficient (Wildman–Crippen LogP) is 1.34. The van der Waals surface area contributed by atoms with Gasteiger partial charge in [0.1, 0.15) is 0 Å². The average molecular weight is 355 g/mol. The van der Waals surface area contributed by atoms with E-state index >= 15 is 0 Å². The monoisotopic (exact) mass is 354 g/mol. The Morgan fingerprint density at radius 1 is 1.09 bits per heavy atom. The van der Waals surface area contributed by atoms with E-state index in [-0.39, 0.29) is 6.04 Å². The summed E-state index contributed by atoms with van der Waals surface area (Å²) in [6.45, 7) is 0. The molecule has 1 aromatic carbocycles. The molecule has 0 amide bonds. The summed E-state index contributed by atoms with van der Waals surface area (Å²) < 4.78 is 14.3. The Balaban J connectivity index is 2.18. The van der Waals surface area contributed by atoms with Gasteiger partial charge in [-0.2, -0.15) is 0 Å². The molecule has 0 aliphatic heterocycles. The number of nitrogens with zero attached hydrogens (tertiary/aromatic N) is 2. The maximum atomic E-state index is 12.5. The minimum absolute atomic E-state index is 0.00688. The van der Waals surface area contributed by atoms with Crippen molar-refractivity contribution in [2.24, 2.45) is 0 Å². The molecule has 6 nitrogen and oxygen atoms in total. The van der Waals surface area contributed by atoms with Crippen LogP contribution in [0.15, 0.2) is 35.3 Å². The molecule has 1 fully saturated rings. The van der Waals surface area contributed by atoms with E-state index in [0.29, 0.717) is 10.7 Å². The number of aromatic nitrogens is 2. The van der Waals surface area contributed by atoms with Crippen molar-refractivity contribution < 1.29 is 14.4 Å². The van der Waals surface area contributed by atoms with Gasteiger partial charge in [-0.25, -0.2) is 4.68 Å². The van der Waals surface area contributed by atoms with Crippen LogP contribution in [0.25, 0.3) is 5.69 Å². The molecule has 1 aliphatic carbocycles. The fourth-order valence-electron chi connectivity index (χ4n) is 3.09. The van der Waals surface area contributed by atoms with Crippen molar-refractivity contribution in [3.8, 4) is 5.69 Å². The first-order valence-electron chi connectivity index (χ1n) is 7.50. The van der Waals surface area contributed by atoms with Crippen molar-refractivity contribution in [3.63, 3.8) is 0 Å². The smallest absolute Gasteiger partial charge is 0.279 e. The lowest BCUT2D eigenvalue weighted by Crippen LogP contribution is -2.36. The normalized spacial score (nSPS) is 16.7. The summed E-state index contributed by atoms with van der Waals surface area (Å²) >= 11 is 5.87. The number of rotatable bonds is 3. The highest BCUT2D eigenvalue weighted by atomic mass is 35.5. The number of hydrogen-bond donors (Lipinski definition) is 0. The largest absolute Gasteiger partial charge is 0.807 e. The SMILES string of the molecule is O=c1c(P(=O)([O-])[O-])cn(C2CCCCC2)n1-c1ccc(Cl)cc1. The second-order valence-corrected chi connectivity index (χ2v) is 7.69. The lowest BCUT2D eigenvalue weighted by Gasteiger charge is -2.27. The third-order valence-corrected chi connectivity index (χ3v) is 5.36. The van der Waals surface area contributed by atoms with Gasteiger partial charge < -0.3 is 14.4 Å². The summed E-state index contributed by atoms with van der Waals surface area (Å²) in [5.41, 5.74) is -0.309. The molecule has 3 rings (SSSR count). The number of halogens is 1. The predicted molar refractivity (Wildman–Crippen MR) is 84.4 cm³/mol. The topological polar surface area (TPSA) is 90.1 Å². The summed E-state index contributed by atoms with van der Waals surface area (Å²) in [5.74, 6) is 0. The Bertz CT molecular complexity index is 800. The van der Waals surface area contributed by atoms with Crippen molar-refractivity contribution in [1.82, 2.24) is 9.36 Å². The van der Waals surface area contributed by atoms with Gasteiger partial charge in [0, 0.05) is 11.2 Å². The minimum Gasteiger partial charge on any atom is -0.807 e. The standard InChI is InChI=1S/C15H18ClN2O4P/c16-11-6-8-13(9-7-11)18-15(19)14(23(20,21)22)10-17(18)12-4-2-1-3-5-12/h6-10,12H,1-5H2,(H2,20,21,22)/p-2. The summed E-state index contributed by atoms with van der Waals surface area (Å²) in [6, 6.07) is 6.51. The molecule has 124 valence electrons. The highest BCUT2D eigenvalue weighted by Gasteiger charge is 2.22. The van der Waals surface area contributed by atoms with Crippen LogP contribution in [0.2, 0.25) is 5.02 Å². The fraction of sp³-hybridized carbons (Fsp3) is 0.400. The Hall–Kier alpha value is -1.33. The molecule has 0 unspecified atom stereocenters. The van der Waals surface area contributed by atoms with Crippen LogP contribution in [0, 0.1) is 0 Å². The van der Waals surface area contributed by atoms with Gasteiger partial charge in [-0.1, -0.05) is 30.9 Å². The third-order valence-electron chi connectivity index (χ3n) is 4.21. The van der Waals surface area contributed by atoms with Crippen LogP contribution in [-0.4, -0.2) is 9.36 Å². The summed E-state index contributed by atoms with van der Waals surface area (Å²) in [6.07, 6.45) is 6.04. The minimum atomic E-state index is -5.12. The summed E-state index contributed by atoms with van der Waals surface area (Å²) in [7, 11) is -5.12. The average Bonchev–Trinajstić information content (AvgIpc) is 2.87. The zero-order valence-electron chi connectivity index (χ0n) is 12.4. The molecule has 1 aromatic heterocycles. The van der Waals surface area contributed by atoms with Crippen LogP contribution in [0.1, 0.15) is 38.1 Å². The maximum Gasteiger partial charge on any atom is 0.279 e. The molecule has 0 bridgehead atoms. The molecule has 0 spiro atoms.